The molecular formula is C12H14N2S. The van der Waals surface area contributed by atoms with Crippen molar-refractivity contribution in [2.24, 2.45) is 0 Å². The first-order valence-corrected chi connectivity index (χ1v) is 5.29. The Labute approximate surface area is 96.2 Å². The Morgan fingerprint density at radius 1 is 1.47 bits per heavy atom. The first kappa shape index (κ1) is 11.7. The smallest absolute Gasteiger partial charge is 0.0991 e. The van der Waals surface area contributed by atoms with Gasteiger partial charge in [0.2, 0.25) is 0 Å². The molecule has 2 nitrogen and oxygen atoms in total. The number of nitrogens with zero attached hydrogens (tertiary/aromatic N) is 2. The van der Waals surface area contributed by atoms with Crippen LogP contribution in [0, 0.1) is 11.3 Å². The van der Waals surface area contributed by atoms with E-state index in [4.69, 9.17) is 5.26 Å². The van der Waals surface area contributed by atoms with Crippen molar-refractivity contribution in [1.29, 1.82) is 5.26 Å². The molecule has 0 aromatic heterocycles. The molecule has 0 amide bonds. The van der Waals surface area contributed by atoms with Crippen molar-refractivity contribution in [3.8, 4) is 6.07 Å². The SMILES string of the molecule is C=C(CS)CN(C)c1ccc(C#N)cc1. The normalized spacial score (nSPS) is 9.40. The highest BCUT2D eigenvalue weighted by molar-refractivity contribution is 7.80. The molecule has 0 saturated carbocycles. The summed E-state index contributed by atoms with van der Waals surface area (Å²) in [7, 11) is 2.00. The lowest BCUT2D eigenvalue weighted by Gasteiger charge is -2.19. The zero-order valence-corrected chi connectivity index (χ0v) is 9.67. The number of thiol groups is 1. The van der Waals surface area contributed by atoms with Crippen LogP contribution in [0.1, 0.15) is 5.56 Å². The molecule has 0 bridgehead atoms. The number of benzene rings is 1. The van der Waals surface area contributed by atoms with Gasteiger partial charge in [-0.2, -0.15) is 17.9 Å². The number of likely N-dealkylation sites (N-methyl/N-ethyl adjacent to an activating group) is 1. The standard InChI is InChI=1S/C12H14N2S/c1-10(9-15)8-14(2)12-5-3-11(7-13)4-6-12/h3-6,15H,1,8-9H2,2H3. The van der Waals surface area contributed by atoms with Gasteiger partial charge in [-0.25, -0.2) is 0 Å². The number of hydrogen-bond donors (Lipinski definition) is 1. The molecule has 0 atom stereocenters. The average molecular weight is 218 g/mol. The molecule has 0 aliphatic carbocycles. The summed E-state index contributed by atoms with van der Waals surface area (Å²) in [6, 6.07) is 9.60. The summed E-state index contributed by atoms with van der Waals surface area (Å²) < 4.78 is 0. The van der Waals surface area contributed by atoms with Gasteiger partial charge in [-0.3, -0.25) is 0 Å². The van der Waals surface area contributed by atoms with Gasteiger partial charge in [0.05, 0.1) is 11.6 Å². The minimum absolute atomic E-state index is 0.681. The zero-order chi connectivity index (χ0) is 11.3. The van der Waals surface area contributed by atoms with E-state index in [-0.39, 0.29) is 0 Å². The van der Waals surface area contributed by atoms with Crippen LogP contribution in [0.15, 0.2) is 36.4 Å². The lowest BCUT2D eigenvalue weighted by molar-refractivity contribution is 0.989. The highest BCUT2D eigenvalue weighted by atomic mass is 32.1. The molecule has 1 rings (SSSR count). The van der Waals surface area contributed by atoms with Gasteiger partial charge in [-0.1, -0.05) is 6.58 Å². The Morgan fingerprint density at radius 2 is 2.07 bits per heavy atom. The molecule has 0 saturated heterocycles. The third-order valence-corrected chi connectivity index (χ3v) is 2.57. The topological polar surface area (TPSA) is 27.0 Å². The first-order chi connectivity index (χ1) is 7.17. The molecule has 0 fully saturated rings. The molecule has 78 valence electrons. The maximum absolute atomic E-state index is 8.66. The van der Waals surface area contributed by atoms with Crippen LogP contribution in [-0.2, 0) is 0 Å². The summed E-state index contributed by atoms with van der Waals surface area (Å²) in [4.78, 5) is 2.08. The van der Waals surface area contributed by atoms with E-state index < -0.39 is 0 Å². The molecule has 0 unspecified atom stereocenters. The van der Waals surface area contributed by atoms with Crippen molar-refractivity contribution >= 4 is 18.3 Å². The van der Waals surface area contributed by atoms with E-state index in [2.05, 4.69) is 30.2 Å². The number of nitriles is 1. The minimum Gasteiger partial charge on any atom is -0.371 e. The largest absolute Gasteiger partial charge is 0.371 e. The molecule has 0 aliphatic rings. The second-order valence-electron chi connectivity index (χ2n) is 3.42. The second kappa shape index (κ2) is 5.47. The van der Waals surface area contributed by atoms with Crippen LogP contribution in [0.5, 0.6) is 0 Å². The third-order valence-electron chi connectivity index (χ3n) is 2.12. The van der Waals surface area contributed by atoms with E-state index in [9.17, 15) is 0 Å². The summed E-state index contributed by atoms with van der Waals surface area (Å²) in [5, 5.41) is 8.66. The Hall–Kier alpha value is -1.40. The van der Waals surface area contributed by atoms with E-state index in [1.54, 1.807) is 0 Å². The molecule has 3 heteroatoms. The molecule has 0 N–H and O–H groups in total. The molecule has 0 spiro atoms. The molecule has 0 heterocycles. The van der Waals surface area contributed by atoms with E-state index in [1.807, 2.05) is 31.3 Å². The third kappa shape index (κ3) is 3.34. The molecule has 1 aromatic carbocycles. The maximum atomic E-state index is 8.66. The highest BCUT2D eigenvalue weighted by Gasteiger charge is 2.01. The van der Waals surface area contributed by atoms with Crippen molar-refractivity contribution in [3.05, 3.63) is 42.0 Å². The Balaban J connectivity index is 2.70. The Kier molecular flexibility index (Phi) is 4.26. The van der Waals surface area contributed by atoms with E-state index in [0.717, 1.165) is 17.8 Å². The minimum atomic E-state index is 0.681. The highest BCUT2D eigenvalue weighted by Crippen LogP contribution is 2.14. The average Bonchev–Trinajstić information content (AvgIpc) is 2.29. The summed E-state index contributed by atoms with van der Waals surface area (Å²) in [5.74, 6) is 0.695. The van der Waals surface area contributed by atoms with Gasteiger partial charge in [0.25, 0.3) is 0 Å². The van der Waals surface area contributed by atoms with Gasteiger partial charge < -0.3 is 4.90 Å². The number of anilines is 1. The van der Waals surface area contributed by atoms with Crippen molar-refractivity contribution in [2.75, 3.05) is 24.2 Å². The molecular weight excluding hydrogens is 204 g/mol. The van der Waals surface area contributed by atoms with Gasteiger partial charge in [0.1, 0.15) is 0 Å². The predicted molar refractivity (Wildman–Crippen MR) is 67.4 cm³/mol. The molecule has 0 aliphatic heterocycles. The van der Waals surface area contributed by atoms with Crippen molar-refractivity contribution in [2.45, 2.75) is 0 Å². The zero-order valence-electron chi connectivity index (χ0n) is 8.77. The Morgan fingerprint density at radius 3 is 2.53 bits per heavy atom. The van der Waals surface area contributed by atoms with Crippen LogP contribution in [0.3, 0.4) is 0 Å². The maximum Gasteiger partial charge on any atom is 0.0991 e. The van der Waals surface area contributed by atoms with Gasteiger partial charge in [-0.05, 0) is 29.8 Å². The van der Waals surface area contributed by atoms with Gasteiger partial charge in [-0.15, -0.1) is 0 Å². The van der Waals surface area contributed by atoms with Crippen molar-refractivity contribution in [1.82, 2.24) is 0 Å². The summed E-state index contributed by atoms with van der Waals surface area (Å²) >= 11 is 4.16. The monoisotopic (exact) mass is 218 g/mol. The lowest BCUT2D eigenvalue weighted by Crippen LogP contribution is -2.20. The predicted octanol–water partition coefficient (Wildman–Crippen LogP) is 2.48. The first-order valence-electron chi connectivity index (χ1n) is 4.66. The fourth-order valence-corrected chi connectivity index (χ4v) is 1.37. The van der Waals surface area contributed by atoms with Crippen LogP contribution in [0.25, 0.3) is 0 Å². The summed E-state index contributed by atoms with van der Waals surface area (Å²) in [5.41, 5.74) is 2.84. The van der Waals surface area contributed by atoms with E-state index >= 15 is 0 Å². The number of rotatable bonds is 4. The second-order valence-corrected chi connectivity index (χ2v) is 3.74. The van der Waals surface area contributed by atoms with Crippen LogP contribution in [-0.4, -0.2) is 19.3 Å². The Bertz CT molecular complexity index is 376. The van der Waals surface area contributed by atoms with E-state index in [0.29, 0.717) is 11.3 Å². The lowest BCUT2D eigenvalue weighted by atomic mass is 10.2. The van der Waals surface area contributed by atoms with Crippen LogP contribution in [0.4, 0.5) is 5.69 Å². The van der Waals surface area contributed by atoms with Crippen molar-refractivity contribution in [3.63, 3.8) is 0 Å². The fraction of sp³-hybridized carbons (Fsp3) is 0.250. The van der Waals surface area contributed by atoms with Crippen LogP contribution >= 0.6 is 12.6 Å². The van der Waals surface area contributed by atoms with Crippen molar-refractivity contribution < 1.29 is 0 Å². The quantitative estimate of drug-likeness (QED) is 0.621. The van der Waals surface area contributed by atoms with Crippen LogP contribution in [0.2, 0.25) is 0 Å². The van der Waals surface area contributed by atoms with Gasteiger partial charge in [0, 0.05) is 25.0 Å². The molecule has 15 heavy (non-hydrogen) atoms. The van der Waals surface area contributed by atoms with Crippen LogP contribution < -0.4 is 4.90 Å². The van der Waals surface area contributed by atoms with Gasteiger partial charge >= 0.3 is 0 Å². The fourth-order valence-electron chi connectivity index (χ4n) is 1.27. The number of hydrogen-bond acceptors (Lipinski definition) is 3. The van der Waals surface area contributed by atoms with E-state index in [1.165, 1.54) is 0 Å². The summed E-state index contributed by atoms with van der Waals surface area (Å²) in [6.45, 7) is 4.69. The summed E-state index contributed by atoms with van der Waals surface area (Å²) in [6.07, 6.45) is 0. The van der Waals surface area contributed by atoms with Gasteiger partial charge in [0.15, 0.2) is 0 Å². The molecule has 1 aromatic rings. The molecule has 0 radical (unpaired) electrons.